The quantitative estimate of drug-likeness (QED) is 0.790. The topological polar surface area (TPSA) is 80.5 Å². The number of anilines is 1. The molecule has 0 aliphatic rings. The van der Waals surface area contributed by atoms with Crippen molar-refractivity contribution in [2.45, 2.75) is 10.1 Å². The van der Waals surface area contributed by atoms with E-state index in [0.29, 0.717) is 11.3 Å². The second-order valence-electron chi connectivity index (χ2n) is 3.10. The van der Waals surface area contributed by atoms with Gasteiger partial charge in [0.05, 0.1) is 11.3 Å². The maximum absolute atomic E-state index is 8.85. The molecule has 0 bridgehead atoms. The summed E-state index contributed by atoms with van der Waals surface area (Å²) in [7, 11) is 1.81. The Bertz CT molecular complexity index is 555. The molecule has 1 aromatic carbocycles. The Kier molecular flexibility index (Phi) is 2.79. The van der Waals surface area contributed by atoms with Gasteiger partial charge < -0.3 is 5.73 Å². The van der Waals surface area contributed by atoms with Gasteiger partial charge in [-0.2, -0.15) is 10.4 Å². The van der Waals surface area contributed by atoms with Crippen LogP contribution in [0, 0.1) is 11.3 Å². The van der Waals surface area contributed by atoms with Gasteiger partial charge in [0.15, 0.2) is 5.16 Å². The van der Waals surface area contributed by atoms with E-state index in [1.165, 1.54) is 18.1 Å². The number of nitrogens with zero attached hydrogens (tertiary/aromatic N) is 4. The van der Waals surface area contributed by atoms with Crippen molar-refractivity contribution in [3.8, 4) is 6.07 Å². The van der Waals surface area contributed by atoms with Gasteiger partial charge in [0, 0.05) is 11.9 Å². The number of nitriles is 1. The van der Waals surface area contributed by atoms with Crippen LogP contribution in [0.5, 0.6) is 0 Å². The first-order valence-electron chi connectivity index (χ1n) is 4.53. The molecule has 0 aliphatic carbocycles. The Morgan fingerprint density at radius 2 is 2.31 bits per heavy atom. The summed E-state index contributed by atoms with van der Waals surface area (Å²) in [4.78, 5) is 4.90. The highest BCUT2D eigenvalue weighted by atomic mass is 32.2. The number of para-hydroxylation sites is 1. The first-order chi connectivity index (χ1) is 7.72. The lowest BCUT2D eigenvalue weighted by atomic mass is 10.2. The first kappa shape index (κ1) is 10.5. The lowest BCUT2D eigenvalue weighted by molar-refractivity contribution is 0.685. The fraction of sp³-hybridized carbons (Fsp3) is 0.100. The molecular weight excluding hydrogens is 222 g/mol. The summed E-state index contributed by atoms with van der Waals surface area (Å²) in [6.45, 7) is 0. The zero-order valence-electron chi connectivity index (χ0n) is 8.58. The molecule has 2 rings (SSSR count). The predicted octanol–water partition coefficient (Wildman–Crippen LogP) is 1.42. The fourth-order valence-corrected chi connectivity index (χ4v) is 2.05. The molecule has 0 unspecified atom stereocenters. The van der Waals surface area contributed by atoms with Gasteiger partial charge in [0.25, 0.3) is 0 Å². The lowest BCUT2D eigenvalue weighted by Crippen LogP contribution is -1.96. The van der Waals surface area contributed by atoms with Crippen LogP contribution >= 0.6 is 11.8 Å². The average Bonchev–Trinajstić information content (AvgIpc) is 2.68. The normalized spacial score (nSPS) is 10.0. The van der Waals surface area contributed by atoms with E-state index in [4.69, 9.17) is 11.0 Å². The summed E-state index contributed by atoms with van der Waals surface area (Å²) in [6.07, 6.45) is 1.48. The molecule has 0 saturated heterocycles. The molecule has 1 aromatic heterocycles. The summed E-state index contributed by atoms with van der Waals surface area (Å²) in [5.41, 5.74) is 6.82. The van der Waals surface area contributed by atoms with Crippen LogP contribution in [0.25, 0.3) is 0 Å². The molecule has 0 saturated carbocycles. The van der Waals surface area contributed by atoms with Gasteiger partial charge in [-0.15, -0.1) is 0 Å². The summed E-state index contributed by atoms with van der Waals surface area (Å²) in [5, 5.41) is 13.6. The van der Waals surface area contributed by atoms with E-state index in [9.17, 15) is 0 Å². The second-order valence-corrected chi connectivity index (χ2v) is 4.11. The Labute approximate surface area is 96.9 Å². The molecule has 6 heteroatoms. The monoisotopic (exact) mass is 231 g/mol. The minimum atomic E-state index is 0.479. The maximum Gasteiger partial charge on any atom is 0.190 e. The molecule has 1 heterocycles. The third-order valence-corrected chi connectivity index (χ3v) is 3.19. The molecule has 0 atom stereocenters. The van der Waals surface area contributed by atoms with Crippen molar-refractivity contribution in [1.82, 2.24) is 14.8 Å². The molecule has 5 nitrogen and oxygen atoms in total. The Morgan fingerprint density at radius 3 is 2.94 bits per heavy atom. The molecule has 16 heavy (non-hydrogen) atoms. The van der Waals surface area contributed by atoms with Crippen LogP contribution in [0.1, 0.15) is 5.56 Å². The Hall–Kier alpha value is -2.00. The fourth-order valence-electron chi connectivity index (χ4n) is 1.21. The van der Waals surface area contributed by atoms with Gasteiger partial charge in [0.2, 0.25) is 0 Å². The van der Waals surface area contributed by atoms with Crippen LogP contribution in [-0.2, 0) is 7.05 Å². The van der Waals surface area contributed by atoms with Crippen LogP contribution < -0.4 is 5.73 Å². The molecule has 0 fully saturated rings. The number of aromatic nitrogens is 3. The minimum absolute atomic E-state index is 0.479. The first-order valence-corrected chi connectivity index (χ1v) is 5.34. The largest absolute Gasteiger partial charge is 0.397 e. The molecule has 0 radical (unpaired) electrons. The summed E-state index contributed by atoms with van der Waals surface area (Å²) in [5.74, 6) is 0. The molecule has 80 valence electrons. The summed E-state index contributed by atoms with van der Waals surface area (Å²) in [6, 6.07) is 7.40. The number of nitrogens with two attached hydrogens (primary N) is 1. The van der Waals surface area contributed by atoms with Gasteiger partial charge in [0.1, 0.15) is 12.4 Å². The molecule has 2 N–H and O–H groups in total. The van der Waals surface area contributed by atoms with Crippen molar-refractivity contribution in [3.63, 3.8) is 0 Å². The molecule has 0 aliphatic heterocycles. The maximum atomic E-state index is 8.85. The van der Waals surface area contributed by atoms with Gasteiger partial charge in [-0.05, 0) is 23.9 Å². The van der Waals surface area contributed by atoms with Gasteiger partial charge in [-0.3, -0.25) is 0 Å². The van der Waals surface area contributed by atoms with Gasteiger partial charge in [-0.25, -0.2) is 9.67 Å². The van der Waals surface area contributed by atoms with Crippen LogP contribution in [0.3, 0.4) is 0 Å². The highest BCUT2D eigenvalue weighted by molar-refractivity contribution is 7.99. The smallest absolute Gasteiger partial charge is 0.190 e. The van der Waals surface area contributed by atoms with Crippen LogP contribution in [-0.4, -0.2) is 14.8 Å². The van der Waals surface area contributed by atoms with Gasteiger partial charge in [-0.1, -0.05) is 6.07 Å². The van der Waals surface area contributed by atoms with E-state index < -0.39 is 0 Å². The highest BCUT2D eigenvalue weighted by Gasteiger charge is 2.09. The number of hydrogen-bond donors (Lipinski definition) is 1. The SMILES string of the molecule is Cn1ncnc1Sc1cccc(C#N)c1N. The number of hydrogen-bond acceptors (Lipinski definition) is 5. The highest BCUT2D eigenvalue weighted by Crippen LogP contribution is 2.31. The minimum Gasteiger partial charge on any atom is -0.397 e. The zero-order valence-corrected chi connectivity index (χ0v) is 9.40. The van der Waals surface area contributed by atoms with Crippen LogP contribution in [0.4, 0.5) is 5.69 Å². The number of nitrogen functional groups attached to an aromatic ring is 1. The third kappa shape index (κ3) is 1.85. The van der Waals surface area contributed by atoms with Crippen molar-refractivity contribution in [2.75, 3.05) is 5.73 Å². The zero-order chi connectivity index (χ0) is 11.5. The van der Waals surface area contributed by atoms with E-state index in [0.717, 1.165) is 10.1 Å². The molecule has 2 aromatic rings. The Balaban J connectivity index is 2.36. The van der Waals surface area contributed by atoms with Crippen molar-refractivity contribution in [1.29, 1.82) is 5.26 Å². The molecular formula is C10H9N5S. The van der Waals surface area contributed by atoms with Gasteiger partial charge >= 0.3 is 0 Å². The molecule has 0 spiro atoms. The second kappa shape index (κ2) is 4.24. The van der Waals surface area contributed by atoms with Crippen molar-refractivity contribution in [3.05, 3.63) is 30.1 Å². The predicted molar refractivity (Wildman–Crippen MR) is 60.7 cm³/mol. The van der Waals surface area contributed by atoms with Crippen molar-refractivity contribution >= 4 is 17.4 Å². The summed E-state index contributed by atoms with van der Waals surface area (Å²) >= 11 is 1.39. The van der Waals surface area contributed by atoms with E-state index >= 15 is 0 Å². The number of rotatable bonds is 2. The summed E-state index contributed by atoms with van der Waals surface area (Å²) < 4.78 is 1.66. The Morgan fingerprint density at radius 1 is 1.50 bits per heavy atom. The third-order valence-electron chi connectivity index (χ3n) is 2.06. The van der Waals surface area contributed by atoms with E-state index in [1.807, 2.05) is 12.1 Å². The lowest BCUT2D eigenvalue weighted by Gasteiger charge is -2.05. The van der Waals surface area contributed by atoms with E-state index in [2.05, 4.69) is 10.1 Å². The number of aryl methyl sites for hydroxylation is 1. The number of benzene rings is 1. The van der Waals surface area contributed by atoms with Crippen molar-refractivity contribution < 1.29 is 0 Å². The van der Waals surface area contributed by atoms with E-state index in [1.54, 1.807) is 23.9 Å². The van der Waals surface area contributed by atoms with Crippen LogP contribution in [0.2, 0.25) is 0 Å². The standard InChI is InChI=1S/C10H9N5S/c1-15-10(13-6-14-15)16-8-4-2-3-7(5-11)9(8)12/h2-4,6H,12H2,1H3. The van der Waals surface area contributed by atoms with E-state index in [-0.39, 0.29) is 0 Å². The average molecular weight is 231 g/mol. The molecule has 0 amide bonds. The van der Waals surface area contributed by atoms with Crippen molar-refractivity contribution in [2.24, 2.45) is 7.05 Å². The van der Waals surface area contributed by atoms with Crippen LogP contribution in [0.15, 0.2) is 34.6 Å².